The standard InChI is InChI=1S/C19H19FN4OS2/c1-3-13-8-10-14(11-9-13)21-18-23-24-19(27-18)26-12(2)17(25)22-16-7-5-4-6-15(16)20/h4-12H,3H2,1-2H3,(H,21,23)(H,22,25)/t12-/m1/s1. The monoisotopic (exact) mass is 402 g/mol. The summed E-state index contributed by atoms with van der Waals surface area (Å²) >= 11 is 2.65. The van der Waals surface area contributed by atoms with E-state index in [1.54, 1.807) is 19.1 Å². The Morgan fingerprint density at radius 3 is 2.63 bits per heavy atom. The number of aryl methyl sites for hydroxylation is 1. The number of nitrogens with zero attached hydrogens (tertiary/aromatic N) is 2. The molecule has 0 radical (unpaired) electrons. The average Bonchev–Trinajstić information content (AvgIpc) is 3.11. The van der Waals surface area contributed by atoms with Crippen LogP contribution in [-0.4, -0.2) is 21.4 Å². The lowest BCUT2D eigenvalue weighted by atomic mass is 10.1. The Balaban J connectivity index is 1.57. The molecule has 1 heterocycles. The van der Waals surface area contributed by atoms with Gasteiger partial charge in [-0.1, -0.05) is 54.3 Å². The molecule has 140 valence electrons. The van der Waals surface area contributed by atoms with Gasteiger partial charge < -0.3 is 10.6 Å². The summed E-state index contributed by atoms with van der Waals surface area (Å²) in [7, 11) is 0. The maximum Gasteiger partial charge on any atom is 0.237 e. The molecule has 0 unspecified atom stereocenters. The lowest BCUT2D eigenvalue weighted by molar-refractivity contribution is -0.115. The lowest BCUT2D eigenvalue weighted by Crippen LogP contribution is -2.22. The number of halogens is 1. The van der Waals surface area contributed by atoms with Crippen LogP contribution in [-0.2, 0) is 11.2 Å². The molecule has 0 bridgehead atoms. The van der Waals surface area contributed by atoms with Crippen LogP contribution in [0, 0.1) is 5.82 Å². The molecule has 3 aromatic rings. The van der Waals surface area contributed by atoms with Gasteiger partial charge in [-0.05, 0) is 43.2 Å². The number of hydrogen-bond acceptors (Lipinski definition) is 6. The van der Waals surface area contributed by atoms with Crippen molar-refractivity contribution in [1.29, 1.82) is 0 Å². The Morgan fingerprint density at radius 2 is 1.93 bits per heavy atom. The number of hydrogen-bond donors (Lipinski definition) is 2. The second-order valence-corrected chi connectivity index (χ2v) is 8.34. The van der Waals surface area contributed by atoms with Gasteiger partial charge in [0.15, 0.2) is 4.34 Å². The number of thioether (sulfide) groups is 1. The molecule has 8 heteroatoms. The number of para-hydroxylation sites is 1. The maximum absolute atomic E-state index is 13.6. The zero-order valence-corrected chi connectivity index (χ0v) is 16.5. The molecule has 0 spiro atoms. The van der Waals surface area contributed by atoms with E-state index in [1.165, 1.54) is 40.8 Å². The van der Waals surface area contributed by atoms with E-state index in [-0.39, 0.29) is 11.6 Å². The minimum Gasteiger partial charge on any atom is -0.330 e. The van der Waals surface area contributed by atoms with Gasteiger partial charge in [-0.3, -0.25) is 4.79 Å². The molecule has 2 N–H and O–H groups in total. The van der Waals surface area contributed by atoms with E-state index >= 15 is 0 Å². The molecule has 3 rings (SSSR count). The summed E-state index contributed by atoms with van der Waals surface area (Å²) < 4.78 is 14.3. The highest BCUT2D eigenvalue weighted by Crippen LogP contribution is 2.31. The number of carbonyl (C=O) groups excluding carboxylic acids is 1. The van der Waals surface area contributed by atoms with Crippen molar-refractivity contribution in [3.05, 3.63) is 59.9 Å². The third-order valence-corrected chi connectivity index (χ3v) is 5.82. The summed E-state index contributed by atoms with van der Waals surface area (Å²) in [6, 6.07) is 14.2. The predicted octanol–water partition coefficient (Wildman–Crippen LogP) is 5.10. The molecule has 5 nitrogen and oxygen atoms in total. The van der Waals surface area contributed by atoms with Crippen LogP contribution in [0.3, 0.4) is 0 Å². The van der Waals surface area contributed by atoms with E-state index in [9.17, 15) is 9.18 Å². The van der Waals surface area contributed by atoms with E-state index < -0.39 is 11.1 Å². The number of amides is 1. The highest BCUT2D eigenvalue weighted by atomic mass is 32.2. The van der Waals surface area contributed by atoms with Crippen molar-refractivity contribution in [2.75, 3.05) is 10.6 Å². The molecule has 0 saturated carbocycles. The van der Waals surface area contributed by atoms with Crippen LogP contribution in [0.15, 0.2) is 52.9 Å². The molecule has 27 heavy (non-hydrogen) atoms. The van der Waals surface area contributed by atoms with Gasteiger partial charge in [0, 0.05) is 5.69 Å². The highest BCUT2D eigenvalue weighted by molar-refractivity contribution is 8.02. The Labute approximate surface area is 165 Å². The van der Waals surface area contributed by atoms with Crippen LogP contribution in [0.2, 0.25) is 0 Å². The minimum atomic E-state index is -0.459. The first-order valence-electron chi connectivity index (χ1n) is 8.46. The normalized spacial score (nSPS) is 11.8. The maximum atomic E-state index is 13.6. The second kappa shape index (κ2) is 8.96. The number of carbonyl (C=O) groups is 1. The molecule has 0 aliphatic carbocycles. The first-order valence-corrected chi connectivity index (χ1v) is 10.2. The Morgan fingerprint density at radius 1 is 1.19 bits per heavy atom. The Hall–Kier alpha value is -2.45. The van der Waals surface area contributed by atoms with Crippen molar-refractivity contribution < 1.29 is 9.18 Å². The Bertz CT molecular complexity index is 914. The van der Waals surface area contributed by atoms with E-state index in [1.807, 2.05) is 12.1 Å². The van der Waals surface area contributed by atoms with Gasteiger partial charge in [0.05, 0.1) is 10.9 Å². The van der Waals surface area contributed by atoms with Gasteiger partial charge in [0.2, 0.25) is 11.0 Å². The molecule has 0 aliphatic rings. The molecular weight excluding hydrogens is 383 g/mol. The number of anilines is 3. The van der Waals surface area contributed by atoms with Crippen LogP contribution >= 0.6 is 23.1 Å². The van der Waals surface area contributed by atoms with Crippen LogP contribution in [0.1, 0.15) is 19.4 Å². The van der Waals surface area contributed by atoms with Gasteiger partial charge >= 0.3 is 0 Å². The summed E-state index contributed by atoms with van der Waals surface area (Å²) in [6.45, 7) is 3.86. The highest BCUT2D eigenvalue weighted by Gasteiger charge is 2.18. The van der Waals surface area contributed by atoms with Crippen LogP contribution in [0.4, 0.5) is 20.9 Å². The predicted molar refractivity (Wildman–Crippen MR) is 109 cm³/mol. The summed E-state index contributed by atoms with van der Waals surface area (Å²) in [5.74, 6) is -0.746. The van der Waals surface area contributed by atoms with Crippen LogP contribution in [0.25, 0.3) is 0 Å². The Kier molecular flexibility index (Phi) is 6.41. The number of aromatic nitrogens is 2. The molecule has 1 amide bonds. The molecule has 0 aliphatic heterocycles. The van der Waals surface area contributed by atoms with Gasteiger partial charge in [-0.25, -0.2) is 4.39 Å². The van der Waals surface area contributed by atoms with E-state index in [2.05, 4.69) is 39.9 Å². The fourth-order valence-electron chi connectivity index (χ4n) is 2.26. The summed E-state index contributed by atoms with van der Waals surface area (Å²) in [5, 5.41) is 14.2. The molecular formula is C19H19FN4OS2. The molecule has 0 saturated heterocycles. The van der Waals surface area contributed by atoms with Gasteiger partial charge in [0.1, 0.15) is 5.82 Å². The summed E-state index contributed by atoms with van der Waals surface area (Å²) in [6.07, 6.45) is 0.993. The molecule has 2 aromatic carbocycles. The molecule has 1 aromatic heterocycles. The van der Waals surface area contributed by atoms with Gasteiger partial charge in [-0.2, -0.15) is 0 Å². The lowest BCUT2D eigenvalue weighted by Gasteiger charge is -2.10. The number of rotatable bonds is 7. The molecule has 0 fully saturated rings. The fourth-order valence-corrected chi connectivity index (χ4v) is 4.17. The van der Waals surface area contributed by atoms with E-state index in [0.717, 1.165) is 12.1 Å². The number of benzene rings is 2. The van der Waals surface area contributed by atoms with Crippen molar-refractivity contribution in [3.63, 3.8) is 0 Å². The minimum absolute atomic E-state index is 0.171. The van der Waals surface area contributed by atoms with Crippen molar-refractivity contribution in [3.8, 4) is 0 Å². The SMILES string of the molecule is CCc1ccc(Nc2nnc(S[C@H](C)C(=O)Nc3ccccc3F)s2)cc1. The van der Waals surface area contributed by atoms with Crippen LogP contribution < -0.4 is 10.6 Å². The van der Waals surface area contributed by atoms with Gasteiger partial charge in [0.25, 0.3) is 0 Å². The van der Waals surface area contributed by atoms with Crippen molar-refractivity contribution in [2.45, 2.75) is 29.9 Å². The summed E-state index contributed by atoms with van der Waals surface area (Å²) in [5.41, 5.74) is 2.37. The summed E-state index contributed by atoms with van der Waals surface area (Å²) in [4.78, 5) is 12.3. The third-order valence-electron chi connectivity index (χ3n) is 3.80. The largest absolute Gasteiger partial charge is 0.330 e. The van der Waals surface area contributed by atoms with Crippen LogP contribution in [0.5, 0.6) is 0 Å². The zero-order chi connectivity index (χ0) is 19.2. The second-order valence-electron chi connectivity index (χ2n) is 5.78. The topological polar surface area (TPSA) is 66.9 Å². The van der Waals surface area contributed by atoms with E-state index in [4.69, 9.17) is 0 Å². The molecule has 1 atom stereocenters. The quantitative estimate of drug-likeness (QED) is 0.538. The first kappa shape index (κ1) is 19.3. The number of nitrogens with one attached hydrogen (secondary N) is 2. The first-order chi connectivity index (χ1) is 13.0. The van der Waals surface area contributed by atoms with Crippen molar-refractivity contribution in [2.24, 2.45) is 0 Å². The van der Waals surface area contributed by atoms with E-state index in [0.29, 0.717) is 9.47 Å². The fraction of sp³-hybridized carbons (Fsp3) is 0.211. The van der Waals surface area contributed by atoms with Gasteiger partial charge in [-0.15, -0.1) is 10.2 Å². The smallest absolute Gasteiger partial charge is 0.237 e. The van der Waals surface area contributed by atoms with Crippen molar-refractivity contribution >= 4 is 45.5 Å². The van der Waals surface area contributed by atoms with Crippen molar-refractivity contribution in [1.82, 2.24) is 10.2 Å². The third kappa shape index (κ3) is 5.27. The average molecular weight is 403 g/mol. The zero-order valence-electron chi connectivity index (χ0n) is 14.9.